The quantitative estimate of drug-likeness (QED) is 0.639. The maximum Gasteiger partial charge on any atom is 0.132 e. The first-order valence-corrected chi connectivity index (χ1v) is 4.44. The molecule has 1 atom stereocenters. The van der Waals surface area contributed by atoms with Crippen molar-refractivity contribution in [1.82, 2.24) is 0 Å². The summed E-state index contributed by atoms with van der Waals surface area (Å²) in [5, 5.41) is 0. The highest BCUT2D eigenvalue weighted by Crippen LogP contribution is 2.02. The fourth-order valence-electron chi connectivity index (χ4n) is 0.888. The molecular weight excluding hydrogens is 138 g/mol. The molecule has 66 valence electrons. The molecule has 0 saturated heterocycles. The van der Waals surface area contributed by atoms with Crippen molar-refractivity contribution in [2.24, 2.45) is 5.73 Å². The van der Waals surface area contributed by atoms with Gasteiger partial charge in [-0.15, -0.1) is 0 Å². The van der Waals surface area contributed by atoms with Crippen LogP contribution in [0.4, 0.5) is 0 Å². The minimum absolute atomic E-state index is 0.167. The Morgan fingerprint density at radius 3 is 2.55 bits per heavy atom. The van der Waals surface area contributed by atoms with Crippen molar-refractivity contribution in [3.63, 3.8) is 0 Å². The molecule has 0 rings (SSSR count). The van der Waals surface area contributed by atoms with Gasteiger partial charge in [-0.1, -0.05) is 13.3 Å². The first kappa shape index (κ1) is 10.6. The third-order valence-corrected chi connectivity index (χ3v) is 1.69. The lowest BCUT2D eigenvalue weighted by molar-refractivity contribution is -0.119. The molecule has 0 aliphatic heterocycles. The zero-order chi connectivity index (χ0) is 8.69. The third-order valence-electron chi connectivity index (χ3n) is 1.69. The monoisotopic (exact) mass is 157 g/mol. The molecule has 0 spiro atoms. The van der Waals surface area contributed by atoms with Gasteiger partial charge in [0.25, 0.3) is 0 Å². The molecule has 11 heavy (non-hydrogen) atoms. The van der Waals surface area contributed by atoms with E-state index >= 15 is 0 Å². The number of carbonyl (C=O) groups is 1. The zero-order valence-corrected chi connectivity index (χ0v) is 7.60. The van der Waals surface area contributed by atoms with Crippen LogP contribution in [0.5, 0.6) is 0 Å². The van der Waals surface area contributed by atoms with E-state index in [1.807, 2.05) is 6.92 Å². The smallest absolute Gasteiger partial charge is 0.132 e. The zero-order valence-electron chi connectivity index (χ0n) is 7.60. The van der Waals surface area contributed by atoms with Gasteiger partial charge in [-0.05, 0) is 19.8 Å². The first-order valence-electron chi connectivity index (χ1n) is 4.44. The van der Waals surface area contributed by atoms with Crippen LogP contribution in [0.2, 0.25) is 0 Å². The Balaban J connectivity index is 3.23. The molecule has 0 bridgehead atoms. The summed E-state index contributed by atoms with van der Waals surface area (Å²) < 4.78 is 0. The summed E-state index contributed by atoms with van der Waals surface area (Å²) in [4.78, 5) is 11.1. The van der Waals surface area contributed by atoms with Crippen molar-refractivity contribution < 1.29 is 4.79 Å². The van der Waals surface area contributed by atoms with Crippen LogP contribution in [0.1, 0.15) is 46.0 Å². The highest BCUT2D eigenvalue weighted by molar-refractivity contribution is 5.78. The number of hydrogen-bond donors (Lipinski definition) is 1. The van der Waals surface area contributed by atoms with Crippen molar-refractivity contribution in [3.05, 3.63) is 0 Å². The van der Waals surface area contributed by atoms with Crippen LogP contribution in [0.25, 0.3) is 0 Å². The molecule has 2 N–H and O–H groups in total. The number of rotatable bonds is 6. The maximum absolute atomic E-state index is 11.1. The van der Waals surface area contributed by atoms with Gasteiger partial charge < -0.3 is 5.73 Å². The summed E-state index contributed by atoms with van der Waals surface area (Å²) in [5.74, 6) is 0.365. The van der Waals surface area contributed by atoms with Gasteiger partial charge in [-0.3, -0.25) is 4.79 Å². The van der Waals surface area contributed by atoms with Crippen LogP contribution in [-0.2, 0) is 4.79 Å². The first-order chi connectivity index (χ1) is 5.16. The van der Waals surface area contributed by atoms with E-state index < -0.39 is 0 Å². The number of unbranched alkanes of at least 4 members (excludes halogenated alkanes) is 1. The number of nitrogens with two attached hydrogens (primary N) is 1. The second-order valence-corrected chi connectivity index (χ2v) is 3.16. The summed E-state index contributed by atoms with van der Waals surface area (Å²) in [6.45, 7) is 4.03. The molecule has 2 nitrogen and oxygen atoms in total. The van der Waals surface area contributed by atoms with Crippen LogP contribution >= 0.6 is 0 Å². The van der Waals surface area contributed by atoms with E-state index in [0.29, 0.717) is 12.2 Å². The number of hydrogen-bond acceptors (Lipinski definition) is 2. The van der Waals surface area contributed by atoms with Crippen molar-refractivity contribution >= 4 is 5.78 Å². The van der Waals surface area contributed by atoms with Gasteiger partial charge in [0.15, 0.2) is 0 Å². The van der Waals surface area contributed by atoms with Crippen LogP contribution in [0.3, 0.4) is 0 Å². The fraction of sp³-hybridized carbons (Fsp3) is 0.889. The van der Waals surface area contributed by atoms with Crippen molar-refractivity contribution in [2.45, 2.75) is 52.0 Å². The van der Waals surface area contributed by atoms with Gasteiger partial charge in [0.05, 0.1) is 0 Å². The summed E-state index contributed by atoms with van der Waals surface area (Å²) in [6, 6.07) is 0.167. The Bertz CT molecular complexity index is 110. The number of Topliss-reactive ketones (excluding diaryl/α,β-unsaturated/α-hetero) is 1. The normalized spacial score (nSPS) is 13.0. The Kier molecular flexibility index (Phi) is 6.13. The molecule has 0 heterocycles. The molecule has 0 aliphatic carbocycles. The Labute approximate surface area is 69.2 Å². The molecule has 0 aliphatic rings. The molecule has 1 unspecified atom stereocenters. The summed E-state index contributed by atoms with van der Waals surface area (Å²) in [5.41, 5.74) is 5.52. The van der Waals surface area contributed by atoms with Gasteiger partial charge in [0.1, 0.15) is 5.78 Å². The Morgan fingerprint density at radius 2 is 2.09 bits per heavy atom. The average Bonchev–Trinajstić information content (AvgIpc) is 1.97. The van der Waals surface area contributed by atoms with Crippen molar-refractivity contribution in [1.29, 1.82) is 0 Å². The average molecular weight is 157 g/mol. The van der Waals surface area contributed by atoms with Gasteiger partial charge in [-0.2, -0.15) is 0 Å². The van der Waals surface area contributed by atoms with Gasteiger partial charge >= 0.3 is 0 Å². The lowest BCUT2D eigenvalue weighted by Crippen LogP contribution is -2.16. The Hall–Kier alpha value is -0.370. The van der Waals surface area contributed by atoms with E-state index in [-0.39, 0.29) is 6.04 Å². The Morgan fingerprint density at radius 1 is 1.45 bits per heavy atom. The molecule has 0 aromatic heterocycles. The molecule has 0 radical (unpaired) electrons. The second-order valence-electron chi connectivity index (χ2n) is 3.16. The lowest BCUT2D eigenvalue weighted by Gasteiger charge is -2.02. The molecular formula is C9H19NO. The molecule has 2 heteroatoms. The standard InChI is InChI=1S/C9H19NO/c1-3-4-5-9(11)7-6-8(2)10/h8H,3-7,10H2,1-2H3. The topological polar surface area (TPSA) is 43.1 Å². The van der Waals surface area contributed by atoms with E-state index in [1.165, 1.54) is 0 Å². The van der Waals surface area contributed by atoms with Crippen molar-refractivity contribution in [2.75, 3.05) is 0 Å². The van der Waals surface area contributed by atoms with E-state index in [0.717, 1.165) is 25.7 Å². The predicted octanol–water partition coefficient (Wildman–Crippen LogP) is 1.87. The largest absolute Gasteiger partial charge is 0.328 e. The molecule has 0 fully saturated rings. The molecule has 0 amide bonds. The van der Waals surface area contributed by atoms with Crippen LogP contribution in [-0.4, -0.2) is 11.8 Å². The second kappa shape index (κ2) is 6.35. The van der Waals surface area contributed by atoms with E-state index in [4.69, 9.17) is 5.73 Å². The fourth-order valence-corrected chi connectivity index (χ4v) is 0.888. The van der Waals surface area contributed by atoms with E-state index in [2.05, 4.69) is 6.92 Å². The van der Waals surface area contributed by atoms with Crippen molar-refractivity contribution in [3.8, 4) is 0 Å². The minimum Gasteiger partial charge on any atom is -0.328 e. The van der Waals surface area contributed by atoms with Gasteiger partial charge in [0, 0.05) is 18.9 Å². The lowest BCUT2D eigenvalue weighted by atomic mass is 10.1. The molecule has 0 aromatic rings. The SMILES string of the molecule is CCCCC(=O)CCC(C)N. The number of carbonyl (C=O) groups excluding carboxylic acids is 1. The third kappa shape index (κ3) is 7.53. The summed E-state index contributed by atoms with van der Waals surface area (Å²) >= 11 is 0. The van der Waals surface area contributed by atoms with E-state index in [9.17, 15) is 4.79 Å². The van der Waals surface area contributed by atoms with Gasteiger partial charge in [-0.25, -0.2) is 0 Å². The highest BCUT2D eigenvalue weighted by atomic mass is 16.1. The van der Waals surface area contributed by atoms with Crippen LogP contribution in [0.15, 0.2) is 0 Å². The minimum atomic E-state index is 0.167. The highest BCUT2D eigenvalue weighted by Gasteiger charge is 2.02. The maximum atomic E-state index is 11.1. The van der Waals surface area contributed by atoms with Gasteiger partial charge in [0.2, 0.25) is 0 Å². The van der Waals surface area contributed by atoms with Crippen LogP contribution < -0.4 is 5.73 Å². The summed E-state index contributed by atoms with van der Waals surface area (Å²) in [6.07, 6.45) is 4.37. The van der Waals surface area contributed by atoms with E-state index in [1.54, 1.807) is 0 Å². The molecule has 0 aromatic carbocycles. The predicted molar refractivity (Wildman–Crippen MR) is 47.4 cm³/mol. The molecule has 0 saturated carbocycles. The number of ketones is 1. The summed E-state index contributed by atoms with van der Waals surface area (Å²) in [7, 11) is 0. The van der Waals surface area contributed by atoms with Crippen LogP contribution in [0, 0.1) is 0 Å².